The Hall–Kier alpha value is -2.86. The summed E-state index contributed by atoms with van der Waals surface area (Å²) in [5.74, 6) is -1.02. The number of anilines is 1. The molecule has 0 aliphatic heterocycles. The first kappa shape index (κ1) is 16.0. The molecular formula is C18H15NO4S. The third-order valence-corrected chi connectivity index (χ3v) is 5.07. The van der Waals surface area contributed by atoms with Crippen LogP contribution in [-0.2, 0) is 21.2 Å². The fourth-order valence-electron chi connectivity index (χ4n) is 2.57. The average Bonchev–Trinajstić information content (AvgIpc) is 2.55. The van der Waals surface area contributed by atoms with Gasteiger partial charge in [-0.2, -0.15) is 0 Å². The summed E-state index contributed by atoms with van der Waals surface area (Å²) in [4.78, 5) is 11.1. The number of rotatable bonds is 5. The van der Waals surface area contributed by atoms with Crippen LogP contribution in [0.15, 0.2) is 71.6 Å². The first-order valence-corrected chi connectivity index (χ1v) is 8.76. The number of sulfonamides is 1. The topological polar surface area (TPSA) is 83.5 Å². The second-order valence-corrected chi connectivity index (χ2v) is 6.96. The number of hydrogen-bond donors (Lipinski definition) is 2. The Morgan fingerprint density at radius 2 is 1.58 bits per heavy atom. The predicted octanol–water partition coefficient (Wildman–Crippen LogP) is 3.27. The molecule has 2 N–H and O–H groups in total. The van der Waals surface area contributed by atoms with Crippen molar-refractivity contribution < 1.29 is 18.3 Å². The number of nitrogens with one attached hydrogen (secondary N) is 1. The molecule has 6 heteroatoms. The molecule has 0 aliphatic carbocycles. The zero-order valence-electron chi connectivity index (χ0n) is 12.6. The van der Waals surface area contributed by atoms with Crippen LogP contribution in [0.2, 0.25) is 0 Å². The maximum Gasteiger partial charge on any atom is 0.307 e. The maximum absolute atomic E-state index is 12.8. The van der Waals surface area contributed by atoms with Gasteiger partial charge in [-0.15, -0.1) is 0 Å². The van der Waals surface area contributed by atoms with Crippen LogP contribution in [0.4, 0.5) is 5.69 Å². The Bertz CT molecular complexity index is 1010. The number of fused-ring (bicyclic) bond motifs is 1. The van der Waals surface area contributed by atoms with Crippen LogP contribution in [0, 0.1) is 0 Å². The number of hydrogen-bond acceptors (Lipinski definition) is 3. The molecule has 0 bridgehead atoms. The number of para-hydroxylation sites is 1. The summed E-state index contributed by atoms with van der Waals surface area (Å²) in [5.41, 5.74) is 0.682. The minimum absolute atomic E-state index is 0.158. The van der Waals surface area contributed by atoms with Crippen molar-refractivity contribution in [3.05, 3.63) is 72.3 Å². The van der Waals surface area contributed by atoms with Crippen LogP contribution >= 0.6 is 0 Å². The van der Waals surface area contributed by atoms with Gasteiger partial charge in [0.25, 0.3) is 10.0 Å². The van der Waals surface area contributed by atoms with E-state index in [9.17, 15) is 13.2 Å². The van der Waals surface area contributed by atoms with Crippen molar-refractivity contribution in [3.8, 4) is 0 Å². The lowest BCUT2D eigenvalue weighted by molar-refractivity contribution is -0.136. The molecular weight excluding hydrogens is 326 g/mol. The van der Waals surface area contributed by atoms with Gasteiger partial charge in [-0.3, -0.25) is 9.52 Å². The molecule has 0 unspecified atom stereocenters. The molecule has 3 aromatic rings. The van der Waals surface area contributed by atoms with Gasteiger partial charge >= 0.3 is 5.97 Å². The van der Waals surface area contributed by atoms with E-state index < -0.39 is 16.0 Å². The van der Waals surface area contributed by atoms with E-state index in [1.807, 2.05) is 18.2 Å². The lowest BCUT2D eigenvalue weighted by Gasteiger charge is -2.13. The van der Waals surface area contributed by atoms with Crippen molar-refractivity contribution in [2.75, 3.05) is 4.72 Å². The number of carboxylic acid groups (broad SMARTS) is 1. The summed E-state index contributed by atoms with van der Waals surface area (Å²) in [7, 11) is -3.84. The van der Waals surface area contributed by atoms with Crippen LogP contribution in [0.25, 0.3) is 10.8 Å². The first-order valence-electron chi connectivity index (χ1n) is 7.28. The highest BCUT2D eigenvalue weighted by atomic mass is 32.2. The SMILES string of the molecule is O=C(O)Cc1ccccc1NS(=O)(=O)c1cccc2ccccc12. The molecule has 0 aliphatic rings. The van der Waals surface area contributed by atoms with E-state index in [1.165, 1.54) is 6.07 Å². The quantitative estimate of drug-likeness (QED) is 0.746. The molecule has 0 amide bonds. The lowest BCUT2D eigenvalue weighted by Crippen LogP contribution is -2.15. The third-order valence-electron chi connectivity index (χ3n) is 3.64. The minimum atomic E-state index is -3.84. The first-order chi connectivity index (χ1) is 11.5. The molecule has 0 radical (unpaired) electrons. The molecule has 122 valence electrons. The Morgan fingerprint density at radius 3 is 2.38 bits per heavy atom. The van der Waals surface area contributed by atoms with Crippen molar-refractivity contribution in [2.45, 2.75) is 11.3 Å². The lowest BCUT2D eigenvalue weighted by atomic mass is 10.1. The highest BCUT2D eigenvalue weighted by molar-refractivity contribution is 7.93. The van der Waals surface area contributed by atoms with Crippen molar-refractivity contribution in [3.63, 3.8) is 0 Å². The second kappa shape index (κ2) is 6.33. The zero-order valence-corrected chi connectivity index (χ0v) is 13.5. The van der Waals surface area contributed by atoms with E-state index in [1.54, 1.807) is 42.5 Å². The number of carboxylic acids is 1. The van der Waals surface area contributed by atoms with Gasteiger partial charge in [0.05, 0.1) is 17.0 Å². The number of benzene rings is 3. The van der Waals surface area contributed by atoms with Crippen molar-refractivity contribution in [1.82, 2.24) is 0 Å². The van der Waals surface area contributed by atoms with E-state index in [2.05, 4.69) is 4.72 Å². The molecule has 0 fully saturated rings. The van der Waals surface area contributed by atoms with E-state index in [0.29, 0.717) is 10.9 Å². The molecule has 0 spiro atoms. The van der Waals surface area contributed by atoms with Gasteiger partial charge in [0, 0.05) is 5.39 Å². The maximum atomic E-state index is 12.8. The normalized spacial score (nSPS) is 11.3. The van der Waals surface area contributed by atoms with Crippen LogP contribution in [0.3, 0.4) is 0 Å². The number of carbonyl (C=O) groups is 1. The van der Waals surface area contributed by atoms with Gasteiger partial charge in [-0.25, -0.2) is 8.42 Å². The van der Waals surface area contributed by atoms with Crippen molar-refractivity contribution in [2.24, 2.45) is 0 Å². The van der Waals surface area contributed by atoms with Gasteiger partial charge in [0.15, 0.2) is 0 Å². The third kappa shape index (κ3) is 3.23. The highest BCUT2D eigenvalue weighted by Gasteiger charge is 2.19. The summed E-state index contributed by atoms with van der Waals surface area (Å²) in [6.07, 6.45) is -0.256. The molecule has 3 aromatic carbocycles. The fourth-order valence-corrected chi connectivity index (χ4v) is 3.90. The van der Waals surface area contributed by atoms with E-state index in [-0.39, 0.29) is 17.0 Å². The largest absolute Gasteiger partial charge is 0.481 e. The molecule has 0 aromatic heterocycles. The Balaban J connectivity index is 2.05. The summed E-state index contributed by atoms with van der Waals surface area (Å²) in [6, 6.07) is 18.7. The van der Waals surface area contributed by atoms with E-state index >= 15 is 0 Å². The molecule has 24 heavy (non-hydrogen) atoms. The molecule has 0 heterocycles. The summed E-state index contributed by atoms with van der Waals surface area (Å²) in [5, 5.41) is 10.4. The standard InChI is InChI=1S/C18H15NO4S/c20-18(21)12-14-7-2-4-10-16(14)19-24(22,23)17-11-5-8-13-6-1-3-9-15(13)17/h1-11,19H,12H2,(H,20,21). The van der Waals surface area contributed by atoms with E-state index in [4.69, 9.17) is 5.11 Å². The smallest absolute Gasteiger partial charge is 0.307 e. The zero-order chi connectivity index (χ0) is 17.2. The predicted molar refractivity (Wildman–Crippen MR) is 92.5 cm³/mol. The van der Waals surface area contributed by atoms with Gasteiger partial charge < -0.3 is 5.11 Å². The summed E-state index contributed by atoms with van der Waals surface area (Å²) in [6.45, 7) is 0. The summed E-state index contributed by atoms with van der Waals surface area (Å²) >= 11 is 0. The molecule has 0 saturated carbocycles. The van der Waals surface area contributed by atoms with E-state index in [0.717, 1.165) is 5.39 Å². The summed E-state index contributed by atoms with van der Waals surface area (Å²) < 4.78 is 28.1. The van der Waals surface area contributed by atoms with Crippen LogP contribution in [0.5, 0.6) is 0 Å². The van der Waals surface area contributed by atoms with Crippen molar-refractivity contribution >= 4 is 32.5 Å². The van der Waals surface area contributed by atoms with Crippen LogP contribution in [-0.4, -0.2) is 19.5 Å². The molecule has 0 saturated heterocycles. The average molecular weight is 341 g/mol. The minimum Gasteiger partial charge on any atom is -0.481 e. The van der Waals surface area contributed by atoms with Gasteiger partial charge in [-0.05, 0) is 23.1 Å². The van der Waals surface area contributed by atoms with Gasteiger partial charge in [-0.1, -0.05) is 54.6 Å². The molecule has 0 atom stereocenters. The van der Waals surface area contributed by atoms with Crippen molar-refractivity contribution in [1.29, 1.82) is 0 Å². The second-order valence-electron chi connectivity index (χ2n) is 5.31. The van der Waals surface area contributed by atoms with Crippen LogP contribution < -0.4 is 4.72 Å². The molecule has 5 nitrogen and oxygen atoms in total. The van der Waals surface area contributed by atoms with Crippen LogP contribution in [0.1, 0.15) is 5.56 Å². The Morgan fingerprint density at radius 1 is 0.917 bits per heavy atom. The highest BCUT2D eigenvalue weighted by Crippen LogP contribution is 2.26. The monoisotopic (exact) mass is 341 g/mol. The van der Waals surface area contributed by atoms with Gasteiger partial charge in [0.2, 0.25) is 0 Å². The van der Waals surface area contributed by atoms with Gasteiger partial charge in [0.1, 0.15) is 0 Å². The number of aliphatic carboxylic acids is 1. The Labute approximate surface area is 139 Å². The molecule has 3 rings (SSSR count). The fraction of sp³-hybridized carbons (Fsp3) is 0.0556. The Kier molecular flexibility index (Phi) is 4.22.